The Morgan fingerprint density at radius 3 is 2.69 bits per heavy atom. The van der Waals surface area contributed by atoms with Crippen LogP contribution in [0.2, 0.25) is 5.02 Å². The van der Waals surface area contributed by atoms with Gasteiger partial charge in [0, 0.05) is 23.0 Å². The van der Waals surface area contributed by atoms with Gasteiger partial charge in [-0.2, -0.15) is 0 Å². The van der Waals surface area contributed by atoms with Crippen LogP contribution in [0, 0.1) is 20.8 Å². The van der Waals surface area contributed by atoms with Gasteiger partial charge in [0.1, 0.15) is 0 Å². The van der Waals surface area contributed by atoms with Crippen molar-refractivity contribution < 1.29 is 4.79 Å². The van der Waals surface area contributed by atoms with Crippen molar-refractivity contribution in [2.24, 2.45) is 0 Å². The van der Waals surface area contributed by atoms with E-state index >= 15 is 0 Å². The molecule has 0 aliphatic heterocycles. The topological polar surface area (TPSA) is 46.1 Å². The van der Waals surface area contributed by atoms with Crippen molar-refractivity contribution in [3.8, 4) is 0 Å². The second-order valence-corrected chi connectivity index (χ2v) is 8.58. The van der Waals surface area contributed by atoms with Gasteiger partial charge in [-0.3, -0.25) is 14.7 Å². The lowest BCUT2D eigenvalue weighted by atomic mass is 10.0. The highest BCUT2D eigenvalue weighted by Gasteiger charge is 2.23. The number of amides is 1. The first-order valence-electron chi connectivity index (χ1n) is 9.27. The summed E-state index contributed by atoms with van der Waals surface area (Å²) >= 11 is 7.70. The summed E-state index contributed by atoms with van der Waals surface area (Å²) in [5.41, 5.74) is 5.49. The smallest absolute Gasteiger partial charge is 0.260 e. The SMILES string of the molecule is Cc1ccc(C)c(C(=O)N(Cc2cccnc2)c2nc3c(C)cc(Cl)cc3s2)c1. The molecule has 6 heteroatoms. The van der Waals surface area contributed by atoms with Gasteiger partial charge in [-0.05, 0) is 61.7 Å². The number of nitrogens with zero attached hydrogens (tertiary/aromatic N) is 3. The minimum Gasteiger partial charge on any atom is -0.279 e. The van der Waals surface area contributed by atoms with Crippen molar-refractivity contribution in [1.29, 1.82) is 0 Å². The Hall–Kier alpha value is -2.76. The van der Waals surface area contributed by atoms with Gasteiger partial charge in [0.05, 0.1) is 16.8 Å². The summed E-state index contributed by atoms with van der Waals surface area (Å²) in [6, 6.07) is 13.6. The summed E-state index contributed by atoms with van der Waals surface area (Å²) in [5.74, 6) is -0.0714. The van der Waals surface area contributed by atoms with Crippen molar-refractivity contribution in [2.45, 2.75) is 27.3 Å². The van der Waals surface area contributed by atoms with Gasteiger partial charge in [-0.1, -0.05) is 46.7 Å². The van der Waals surface area contributed by atoms with Crippen LogP contribution in [0.3, 0.4) is 0 Å². The lowest BCUT2D eigenvalue weighted by Crippen LogP contribution is -2.31. The molecule has 0 unspecified atom stereocenters. The number of aryl methyl sites for hydroxylation is 3. The Morgan fingerprint density at radius 2 is 1.93 bits per heavy atom. The summed E-state index contributed by atoms with van der Waals surface area (Å²) in [4.78, 5) is 24.3. The van der Waals surface area contributed by atoms with E-state index in [0.29, 0.717) is 22.3 Å². The molecule has 0 radical (unpaired) electrons. The van der Waals surface area contributed by atoms with Crippen molar-refractivity contribution in [2.75, 3.05) is 4.90 Å². The number of carbonyl (C=O) groups is 1. The van der Waals surface area contributed by atoms with Crippen LogP contribution in [-0.2, 0) is 6.54 Å². The quantitative estimate of drug-likeness (QED) is 0.399. The maximum Gasteiger partial charge on any atom is 0.260 e. The molecule has 146 valence electrons. The number of aromatic nitrogens is 2. The van der Waals surface area contributed by atoms with Crippen LogP contribution in [0.15, 0.2) is 54.9 Å². The number of hydrogen-bond donors (Lipinski definition) is 0. The van der Waals surface area contributed by atoms with E-state index < -0.39 is 0 Å². The number of benzene rings is 2. The molecule has 0 saturated heterocycles. The average Bonchev–Trinajstić information content (AvgIpc) is 3.12. The molecular formula is C23H20ClN3OS. The van der Waals surface area contributed by atoms with E-state index in [1.807, 2.05) is 63.2 Å². The normalized spacial score (nSPS) is 11.0. The largest absolute Gasteiger partial charge is 0.279 e. The maximum absolute atomic E-state index is 13.6. The zero-order valence-corrected chi connectivity index (χ0v) is 18.0. The number of anilines is 1. The number of thiazole rings is 1. The van der Waals surface area contributed by atoms with Crippen LogP contribution in [0.25, 0.3) is 10.2 Å². The fourth-order valence-electron chi connectivity index (χ4n) is 3.27. The van der Waals surface area contributed by atoms with E-state index in [1.165, 1.54) is 11.3 Å². The Kier molecular flexibility index (Phi) is 5.35. The molecule has 2 aromatic heterocycles. The first-order chi connectivity index (χ1) is 13.9. The summed E-state index contributed by atoms with van der Waals surface area (Å²) in [7, 11) is 0. The minimum absolute atomic E-state index is 0.0714. The van der Waals surface area contributed by atoms with Gasteiger partial charge < -0.3 is 0 Å². The Morgan fingerprint density at radius 1 is 1.10 bits per heavy atom. The predicted octanol–water partition coefficient (Wildman–Crippen LogP) is 6.12. The van der Waals surface area contributed by atoms with Gasteiger partial charge in [0.25, 0.3) is 5.91 Å². The summed E-state index contributed by atoms with van der Waals surface area (Å²) in [6.07, 6.45) is 3.50. The Labute approximate surface area is 178 Å². The van der Waals surface area contributed by atoms with E-state index in [2.05, 4.69) is 4.98 Å². The number of hydrogen-bond acceptors (Lipinski definition) is 4. The molecule has 1 amide bonds. The predicted molar refractivity (Wildman–Crippen MR) is 120 cm³/mol. The van der Waals surface area contributed by atoms with E-state index in [1.54, 1.807) is 17.3 Å². The van der Waals surface area contributed by atoms with Crippen LogP contribution in [0.1, 0.15) is 32.6 Å². The van der Waals surface area contributed by atoms with E-state index in [4.69, 9.17) is 16.6 Å². The lowest BCUT2D eigenvalue weighted by Gasteiger charge is -2.21. The number of halogens is 1. The van der Waals surface area contributed by atoms with Crippen LogP contribution in [0.5, 0.6) is 0 Å². The number of fused-ring (bicyclic) bond motifs is 1. The van der Waals surface area contributed by atoms with Crippen LogP contribution in [0.4, 0.5) is 5.13 Å². The van der Waals surface area contributed by atoms with Gasteiger partial charge >= 0.3 is 0 Å². The summed E-state index contributed by atoms with van der Waals surface area (Å²) in [6.45, 7) is 6.32. The summed E-state index contributed by atoms with van der Waals surface area (Å²) < 4.78 is 0.968. The molecule has 29 heavy (non-hydrogen) atoms. The highest BCUT2D eigenvalue weighted by molar-refractivity contribution is 7.22. The molecule has 0 fully saturated rings. The second kappa shape index (κ2) is 7.93. The van der Waals surface area contributed by atoms with Crippen molar-refractivity contribution in [1.82, 2.24) is 9.97 Å². The molecule has 0 saturated carbocycles. The molecule has 2 aromatic carbocycles. The van der Waals surface area contributed by atoms with E-state index in [9.17, 15) is 4.79 Å². The lowest BCUT2D eigenvalue weighted by molar-refractivity contribution is 0.0984. The molecule has 0 aliphatic rings. The van der Waals surface area contributed by atoms with Gasteiger partial charge in [-0.25, -0.2) is 4.98 Å². The molecule has 0 bridgehead atoms. The standard InChI is InChI=1S/C23H20ClN3OS/c1-14-6-7-15(2)19(9-14)22(28)27(13-17-5-4-8-25-12-17)23-26-21-16(3)10-18(24)11-20(21)29-23/h4-12H,13H2,1-3H3. The summed E-state index contributed by atoms with van der Waals surface area (Å²) in [5, 5.41) is 1.32. The Bertz CT molecular complexity index is 1200. The molecule has 0 N–H and O–H groups in total. The first kappa shape index (κ1) is 19.6. The van der Waals surface area contributed by atoms with Crippen LogP contribution < -0.4 is 4.90 Å². The molecule has 4 rings (SSSR count). The second-order valence-electron chi connectivity index (χ2n) is 7.14. The molecule has 0 aliphatic carbocycles. The number of rotatable bonds is 4. The third-order valence-electron chi connectivity index (χ3n) is 4.80. The monoisotopic (exact) mass is 421 g/mol. The molecule has 2 heterocycles. The minimum atomic E-state index is -0.0714. The van der Waals surface area contributed by atoms with E-state index in [0.717, 1.165) is 32.5 Å². The van der Waals surface area contributed by atoms with Crippen molar-refractivity contribution >= 4 is 44.2 Å². The zero-order chi connectivity index (χ0) is 20.5. The fourth-order valence-corrected chi connectivity index (χ4v) is 4.69. The van der Waals surface area contributed by atoms with Gasteiger partial charge in [-0.15, -0.1) is 0 Å². The molecule has 4 aromatic rings. The van der Waals surface area contributed by atoms with E-state index in [-0.39, 0.29) is 5.91 Å². The number of carbonyl (C=O) groups excluding carboxylic acids is 1. The third-order valence-corrected chi connectivity index (χ3v) is 6.05. The first-order valence-corrected chi connectivity index (χ1v) is 10.5. The highest BCUT2D eigenvalue weighted by Crippen LogP contribution is 2.34. The van der Waals surface area contributed by atoms with Crippen molar-refractivity contribution in [3.63, 3.8) is 0 Å². The van der Waals surface area contributed by atoms with Crippen LogP contribution >= 0.6 is 22.9 Å². The molecular weight excluding hydrogens is 402 g/mol. The molecule has 4 nitrogen and oxygen atoms in total. The average molecular weight is 422 g/mol. The van der Waals surface area contributed by atoms with Gasteiger partial charge in [0.15, 0.2) is 5.13 Å². The zero-order valence-electron chi connectivity index (χ0n) is 16.4. The van der Waals surface area contributed by atoms with Crippen molar-refractivity contribution in [3.05, 3.63) is 87.7 Å². The molecule has 0 spiro atoms. The van der Waals surface area contributed by atoms with Gasteiger partial charge in [0.2, 0.25) is 0 Å². The number of pyridine rings is 1. The third kappa shape index (κ3) is 4.02. The fraction of sp³-hybridized carbons (Fsp3) is 0.174. The maximum atomic E-state index is 13.6. The highest BCUT2D eigenvalue weighted by atomic mass is 35.5. The van der Waals surface area contributed by atoms with Crippen LogP contribution in [-0.4, -0.2) is 15.9 Å². The molecule has 0 atom stereocenters. The Balaban J connectivity index is 1.83.